The van der Waals surface area contributed by atoms with Crippen LogP contribution < -0.4 is 9.47 Å². The number of aromatic nitrogens is 2. The summed E-state index contributed by atoms with van der Waals surface area (Å²) in [5.41, 5.74) is 2.39. The van der Waals surface area contributed by atoms with E-state index in [0.29, 0.717) is 37.6 Å². The summed E-state index contributed by atoms with van der Waals surface area (Å²) in [4.78, 5) is 9.13. The van der Waals surface area contributed by atoms with Crippen molar-refractivity contribution in [3.8, 4) is 11.6 Å². The molecule has 0 radical (unpaired) electrons. The normalized spacial score (nSPS) is 16.1. The van der Waals surface area contributed by atoms with Gasteiger partial charge in [-0.1, -0.05) is 12.1 Å². The highest BCUT2D eigenvalue weighted by atomic mass is 32.2. The van der Waals surface area contributed by atoms with Crippen LogP contribution in [0.3, 0.4) is 0 Å². The smallest absolute Gasteiger partial charge is 0.243 e. The molecule has 1 aliphatic rings. The van der Waals surface area contributed by atoms with Crippen molar-refractivity contribution in [2.75, 3.05) is 20.2 Å². The van der Waals surface area contributed by atoms with Gasteiger partial charge in [-0.25, -0.2) is 18.4 Å². The molecule has 1 aromatic heterocycles. The van der Waals surface area contributed by atoms with E-state index in [1.807, 2.05) is 31.2 Å². The summed E-state index contributed by atoms with van der Waals surface area (Å²) in [5, 5.41) is 0. The number of nitrogens with zero attached hydrogens (tertiary/aromatic N) is 3. The zero-order chi connectivity index (χ0) is 20.4. The Bertz CT molecular complexity index is 1130. The van der Waals surface area contributed by atoms with Crippen LogP contribution in [-0.4, -0.2) is 49.0 Å². The molecule has 7 nitrogen and oxygen atoms in total. The Balaban J connectivity index is 1.42. The number of hydrogen-bond donors (Lipinski definition) is 0. The van der Waals surface area contributed by atoms with Gasteiger partial charge in [0, 0.05) is 13.1 Å². The minimum atomic E-state index is -3.54. The molecule has 0 aliphatic carbocycles. The number of sulfonamides is 1. The van der Waals surface area contributed by atoms with Gasteiger partial charge in [0.05, 0.1) is 29.2 Å². The molecule has 2 heterocycles. The molecule has 152 valence electrons. The monoisotopic (exact) mass is 413 g/mol. The van der Waals surface area contributed by atoms with Crippen LogP contribution in [-0.2, 0) is 10.0 Å². The average molecular weight is 413 g/mol. The number of para-hydroxylation sites is 2. The van der Waals surface area contributed by atoms with Crippen LogP contribution in [0.15, 0.2) is 53.6 Å². The molecule has 2 aromatic carbocycles. The van der Waals surface area contributed by atoms with Crippen LogP contribution in [0, 0.1) is 6.92 Å². The van der Waals surface area contributed by atoms with Crippen molar-refractivity contribution in [2.24, 2.45) is 0 Å². The molecule has 8 heteroatoms. The van der Waals surface area contributed by atoms with Gasteiger partial charge in [-0.05, 0) is 55.7 Å². The van der Waals surface area contributed by atoms with E-state index in [9.17, 15) is 8.42 Å². The zero-order valence-corrected chi connectivity index (χ0v) is 17.2. The lowest BCUT2D eigenvalue weighted by Gasteiger charge is -2.31. The first kappa shape index (κ1) is 19.6. The molecule has 1 aliphatic heterocycles. The van der Waals surface area contributed by atoms with Crippen molar-refractivity contribution in [1.29, 1.82) is 0 Å². The van der Waals surface area contributed by atoms with Crippen LogP contribution in [0.25, 0.3) is 11.0 Å². The molecule has 1 saturated heterocycles. The van der Waals surface area contributed by atoms with E-state index in [1.165, 1.54) is 4.31 Å². The third-order valence-electron chi connectivity index (χ3n) is 5.12. The maximum atomic E-state index is 13.0. The summed E-state index contributed by atoms with van der Waals surface area (Å²) >= 11 is 0. The number of piperidine rings is 1. The molecule has 29 heavy (non-hydrogen) atoms. The first-order chi connectivity index (χ1) is 14.0. The fraction of sp³-hybridized carbons (Fsp3) is 0.333. The molecule has 0 amide bonds. The highest BCUT2D eigenvalue weighted by Gasteiger charge is 2.30. The lowest BCUT2D eigenvalue weighted by atomic mass is 10.1. The van der Waals surface area contributed by atoms with E-state index in [4.69, 9.17) is 9.47 Å². The third-order valence-corrected chi connectivity index (χ3v) is 7.01. The summed E-state index contributed by atoms with van der Waals surface area (Å²) in [5.74, 6) is 1.14. The second-order valence-corrected chi connectivity index (χ2v) is 8.99. The van der Waals surface area contributed by atoms with E-state index >= 15 is 0 Å². The number of rotatable bonds is 5. The Morgan fingerprint density at radius 1 is 1.07 bits per heavy atom. The number of fused-ring (bicyclic) bond motifs is 1. The van der Waals surface area contributed by atoms with Crippen molar-refractivity contribution >= 4 is 21.1 Å². The lowest BCUT2D eigenvalue weighted by molar-refractivity contribution is 0.130. The van der Waals surface area contributed by atoms with E-state index in [0.717, 1.165) is 16.6 Å². The van der Waals surface area contributed by atoms with Crippen LogP contribution in [0.5, 0.6) is 11.6 Å². The van der Waals surface area contributed by atoms with E-state index in [2.05, 4.69) is 9.97 Å². The fourth-order valence-corrected chi connectivity index (χ4v) is 5.07. The van der Waals surface area contributed by atoms with E-state index in [-0.39, 0.29) is 11.0 Å². The molecule has 4 rings (SSSR count). The van der Waals surface area contributed by atoms with Crippen LogP contribution in [0.2, 0.25) is 0 Å². The van der Waals surface area contributed by atoms with Crippen LogP contribution in [0.4, 0.5) is 0 Å². The summed E-state index contributed by atoms with van der Waals surface area (Å²) in [6.07, 6.45) is 2.73. The number of methoxy groups -OCH3 is 1. The first-order valence-corrected chi connectivity index (χ1v) is 10.9. The Kier molecular flexibility index (Phi) is 5.38. The zero-order valence-electron chi connectivity index (χ0n) is 16.4. The molecule has 0 atom stereocenters. The molecule has 0 N–H and O–H groups in total. The van der Waals surface area contributed by atoms with E-state index < -0.39 is 10.0 Å². The van der Waals surface area contributed by atoms with Crippen molar-refractivity contribution in [3.05, 3.63) is 54.2 Å². The van der Waals surface area contributed by atoms with Gasteiger partial charge in [0.1, 0.15) is 11.9 Å². The standard InChI is InChI=1S/C21H23N3O4S/c1-15-13-17(7-8-20(15)27-2)29(25,26)24-11-9-16(10-12-24)28-21-14-22-18-5-3-4-6-19(18)23-21/h3-8,13-14,16H,9-12H2,1-2H3. The first-order valence-electron chi connectivity index (χ1n) is 9.50. The number of benzene rings is 2. The Morgan fingerprint density at radius 2 is 1.79 bits per heavy atom. The predicted octanol–water partition coefficient (Wildman–Crippen LogP) is 3.18. The SMILES string of the molecule is COc1ccc(S(=O)(=O)N2CCC(Oc3cnc4ccccc4n3)CC2)cc1C. The van der Waals surface area contributed by atoms with Crippen LogP contribution >= 0.6 is 0 Å². The van der Waals surface area contributed by atoms with Crippen molar-refractivity contribution in [1.82, 2.24) is 14.3 Å². The molecule has 0 unspecified atom stereocenters. The van der Waals surface area contributed by atoms with Gasteiger partial charge in [-0.15, -0.1) is 0 Å². The molecule has 1 fully saturated rings. The molecule has 3 aromatic rings. The largest absolute Gasteiger partial charge is 0.496 e. The highest BCUT2D eigenvalue weighted by Crippen LogP contribution is 2.27. The molecular weight excluding hydrogens is 390 g/mol. The second-order valence-electron chi connectivity index (χ2n) is 7.05. The predicted molar refractivity (Wildman–Crippen MR) is 110 cm³/mol. The summed E-state index contributed by atoms with van der Waals surface area (Å²) in [7, 11) is -1.97. The summed E-state index contributed by atoms with van der Waals surface area (Å²) < 4.78 is 38.6. The van der Waals surface area contributed by atoms with Gasteiger partial charge in [0.15, 0.2) is 0 Å². The van der Waals surface area contributed by atoms with E-state index in [1.54, 1.807) is 31.5 Å². The lowest BCUT2D eigenvalue weighted by Crippen LogP contribution is -2.41. The number of ether oxygens (including phenoxy) is 2. The second kappa shape index (κ2) is 7.96. The molecular formula is C21H23N3O4S. The quantitative estimate of drug-likeness (QED) is 0.639. The van der Waals surface area contributed by atoms with Gasteiger partial charge >= 0.3 is 0 Å². The highest BCUT2D eigenvalue weighted by molar-refractivity contribution is 7.89. The maximum Gasteiger partial charge on any atom is 0.243 e. The minimum Gasteiger partial charge on any atom is -0.496 e. The van der Waals surface area contributed by atoms with Crippen molar-refractivity contribution < 1.29 is 17.9 Å². The van der Waals surface area contributed by atoms with Crippen molar-refractivity contribution in [3.63, 3.8) is 0 Å². The Hall–Kier alpha value is -2.71. The number of hydrogen-bond acceptors (Lipinski definition) is 6. The van der Waals surface area contributed by atoms with Gasteiger partial charge in [0.2, 0.25) is 15.9 Å². The Morgan fingerprint density at radius 3 is 2.48 bits per heavy atom. The maximum absolute atomic E-state index is 13.0. The van der Waals surface area contributed by atoms with Gasteiger partial charge in [0.25, 0.3) is 0 Å². The van der Waals surface area contributed by atoms with Gasteiger partial charge in [-0.3, -0.25) is 0 Å². The average Bonchev–Trinajstić information content (AvgIpc) is 2.74. The molecule has 0 saturated carbocycles. The molecule has 0 spiro atoms. The Labute approximate surface area is 170 Å². The van der Waals surface area contributed by atoms with Gasteiger partial charge in [-0.2, -0.15) is 4.31 Å². The number of aryl methyl sites for hydroxylation is 1. The van der Waals surface area contributed by atoms with Crippen molar-refractivity contribution in [2.45, 2.75) is 30.8 Å². The van der Waals surface area contributed by atoms with Crippen LogP contribution in [0.1, 0.15) is 18.4 Å². The summed E-state index contributed by atoms with van der Waals surface area (Å²) in [6, 6.07) is 12.5. The summed E-state index contributed by atoms with van der Waals surface area (Å²) in [6.45, 7) is 2.64. The molecule has 0 bridgehead atoms. The topological polar surface area (TPSA) is 81.6 Å². The van der Waals surface area contributed by atoms with Gasteiger partial charge < -0.3 is 9.47 Å². The third kappa shape index (κ3) is 4.04. The minimum absolute atomic E-state index is 0.0884. The fourth-order valence-electron chi connectivity index (χ4n) is 3.52.